The Labute approximate surface area is 146 Å². The van der Waals surface area contributed by atoms with E-state index in [2.05, 4.69) is 28.5 Å². The van der Waals surface area contributed by atoms with Gasteiger partial charge in [0.05, 0.1) is 23.7 Å². The summed E-state index contributed by atoms with van der Waals surface area (Å²) in [6.45, 7) is 6.74. The number of pyridine rings is 1. The van der Waals surface area contributed by atoms with Crippen molar-refractivity contribution in [2.45, 2.75) is 26.7 Å². The smallest absolute Gasteiger partial charge is 0.183 e. The van der Waals surface area contributed by atoms with Gasteiger partial charge in [-0.2, -0.15) is 5.10 Å². The summed E-state index contributed by atoms with van der Waals surface area (Å²) in [6.07, 6.45) is 2.21. The van der Waals surface area contributed by atoms with Crippen LogP contribution in [0.2, 0.25) is 0 Å². The lowest BCUT2D eigenvalue weighted by atomic mass is 9.99. The molecular formula is C19H24N4O2. The van der Waals surface area contributed by atoms with E-state index in [9.17, 15) is 0 Å². The lowest BCUT2D eigenvalue weighted by Crippen LogP contribution is -2.22. The van der Waals surface area contributed by atoms with E-state index in [1.165, 1.54) is 0 Å². The second-order valence-corrected chi connectivity index (χ2v) is 6.81. The van der Waals surface area contributed by atoms with Gasteiger partial charge in [0.25, 0.3) is 0 Å². The SMILES string of the molecule is COc1cc(C)c2nc3n[nH]c(C)c3c(NCC3CCOCC3)c2c1. The summed E-state index contributed by atoms with van der Waals surface area (Å²) in [5.41, 5.74) is 4.94. The highest BCUT2D eigenvalue weighted by Gasteiger charge is 2.18. The van der Waals surface area contributed by atoms with Gasteiger partial charge in [-0.05, 0) is 50.3 Å². The van der Waals surface area contributed by atoms with Gasteiger partial charge >= 0.3 is 0 Å². The number of hydrogen-bond donors (Lipinski definition) is 2. The highest BCUT2D eigenvalue weighted by Crippen LogP contribution is 2.36. The summed E-state index contributed by atoms with van der Waals surface area (Å²) < 4.78 is 11.0. The Balaban J connectivity index is 1.84. The van der Waals surface area contributed by atoms with Crippen LogP contribution in [-0.2, 0) is 4.74 Å². The molecule has 0 unspecified atom stereocenters. The number of methoxy groups -OCH3 is 1. The van der Waals surface area contributed by atoms with Gasteiger partial charge in [0.2, 0.25) is 0 Å². The third kappa shape index (κ3) is 2.91. The number of ether oxygens (including phenoxy) is 2. The fraction of sp³-hybridized carbons (Fsp3) is 0.474. The zero-order valence-corrected chi connectivity index (χ0v) is 15.0. The molecule has 1 aliphatic rings. The van der Waals surface area contributed by atoms with Crippen LogP contribution in [0.5, 0.6) is 5.75 Å². The van der Waals surface area contributed by atoms with Crippen LogP contribution in [0.3, 0.4) is 0 Å². The fourth-order valence-corrected chi connectivity index (χ4v) is 3.62. The number of H-pyrrole nitrogens is 1. The number of benzene rings is 1. The van der Waals surface area contributed by atoms with Gasteiger partial charge in [0.15, 0.2) is 5.65 Å². The highest BCUT2D eigenvalue weighted by atomic mass is 16.5. The average Bonchev–Trinajstić information content (AvgIpc) is 3.01. The molecule has 1 aliphatic heterocycles. The van der Waals surface area contributed by atoms with Crippen molar-refractivity contribution in [1.82, 2.24) is 15.2 Å². The number of aryl methyl sites for hydroxylation is 2. The molecule has 0 bridgehead atoms. The summed E-state index contributed by atoms with van der Waals surface area (Å²) in [6, 6.07) is 4.08. The minimum absolute atomic E-state index is 0.630. The van der Waals surface area contributed by atoms with Crippen LogP contribution in [0.1, 0.15) is 24.1 Å². The molecule has 2 N–H and O–H groups in total. The molecular weight excluding hydrogens is 316 g/mol. The van der Waals surface area contributed by atoms with Gasteiger partial charge in [-0.1, -0.05) is 0 Å². The molecule has 1 saturated heterocycles. The van der Waals surface area contributed by atoms with Crippen LogP contribution in [-0.4, -0.2) is 42.0 Å². The average molecular weight is 340 g/mol. The molecule has 3 heterocycles. The van der Waals surface area contributed by atoms with Crippen LogP contribution >= 0.6 is 0 Å². The molecule has 4 rings (SSSR count). The van der Waals surface area contributed by atoms with Crippen molar-refractivity contribution >= 4 is 27.6 Å². The molecule has 0 atom stereocenters. The van der Waals surface area contributed by atoms with Gasteiger partial charge in [-0.25, -0.2) is 4.98 Å². The fourth-order valence-electron chi connectivity index (χ4n) is 3.62. The van der Waals surface area contributed by atoms with Crippen LogP contribution in [0.15, 0.2) is 12.1 Å². The van der Waals surface area contributed by atoms with Crippen molar-refractivity contribution in [1.29, 1.82) is 0 Å². The Morgan fingerprint density at radius 3 is 2.84 bits per heavy atom. The Morgan fingerprint density at radius 2 is 2.08 bits per heavy atom. The number of aromatic nitrogens is 3. The molecule has 132 valence electrons. The first kappa shape index (κ1) is 16.1. The van der Waals surface area contributed by atoms with Crippen molar-refractivity contribution in [3.8, 4) is 5.75 Å². The van der Waals surface area contributed by atoms with Crippen LogP contribution < -0.4 is 10.1 Å². The summed E-state index contributed by atoms with van der Waals surface area (Å²) >= 11 is 0. The molecule has 1 fully saturated rings. The Kier molecular flexibility index (Phi) is 4.21. The molecule has 1 aromatic carbocycles. The molecule has 6 heteroatoms. The van der Waals surface area contributed by atoms with E-state index in [1.807, 2.05) is 13.0 Å². The van der Waals surface area contributed by atoms with E-state index < -0.39 is 0 Å². The summed E-state index contributed by atoms with van der Waals surface area (Å²) in [7, 11) is 1.70. The second kappa shape index (κ2) is 6.52. The normalized spacial score (nSPS) is 15.8. The minimum atomic E-state index is 0.630. The quantitative estimate of drug-likeness (QED) is 0.759. The predicted octanol–water partition coefficient (Wildman–Crippen LogP) is 3.58. The monoisotopic (exact) mass is 340 g/mol. The maximum absolute atomic E-state index is 5.48. The maximum atomic E-state index is 5.48. The van der Waals surface area contributed by atoms with Gasteiger partial charge in [0.1, 0.15) is 5.75 Å². The Morgan fingerprint density at radius 1 is 1.28 bits per heavy atom. The van der Waals surface area contributed by atoms with E-state index in [0.717, 1.165) is 77.2 Å². The second-order valence-electron chi connectivity index (χ2n) is 6.81. The van der Waals surface area contributed by atoms with Gasteiger partial charge in [-0.3, -0.25) is 5.10 Å². The first-order chi connectivity index (χ1) is 12.2. The molecule has 6 nitrogen and oxygen atoms in total. The van der Waals surface area contributed by atoms with Gasteiger partial charge < -0.3 is 14.8 Å². The van der Waals surface area contributed by atoms with Gasteiger partial charge in [-0.15, -0.1) is 0 Å². The van der Waals surface area contributed by atoms with Gasteiger partial charge in [0, 0.05) is 30.8 Å². The van der Waals surface area contributed by atoms with Crippen molar-refractivity contribution in [2.24, 2.45) is 5.92 Å². The largest absolute Gasteiger partial charge is 0.497 e. The maximum Gasteiger partial charge on any atom is 0.183 e. The van der Waals surface area contributed by atoms with E-state index >= 15 is 0 Å². The van der Waals surface area contributed by atoms with Crippen LogP contribution in [0.25, 0.3) is 21.9 Å². The number of hydrogen-bond acceptors (Lipinski definition) is 5. The number of anilines is 1. The summed E-state index contributed by atoms with van der Waals surface area (Å²) in [5.74, 6) is 1.48. The molecule has 0 amide bonds. The summed E-state index contributed by atoms with van der Waals surface area (Å²) in [5, 5.41) is 13.3. The van der Waals surface area contributed by atoms with Crippen molar-refractivity contribution in [3.05, 3.63) is 23.4 Å². The molecule has 25 heavy (non-hydrogen) atoms. The van der Waals surface area contributed by atoms with Crippen LogP contribution in [0, 0.1) is 19.8 Å². The van der Waals surface area contributed by atoms with E-state index in [-0.39, 0.29) is 0 Å². The molecule has 2 aromatic heterocycles. The van der Waals surface area contributed by atoms with E-state index in [1.54, 1.807) is 7.11 Å². The Hall–Kier alpha value is -2.34. The zero-order valence-electron chi connectivity index (χ0n) is 15.0. The predicted molar refractivity (Wildman–Crippen MR) is 99.5 cm³/mol. The lowest BCUT2D eigenvalue weighted by molar-refractivity contribution is 0.0699. The number of fused-ring (bicyclic) bond motifs is 2. The number of nitrogens with one attached hydrogen (secondary N) is 2. The third-order valence-corrected chi connectivity index (χ3v) is 5.08. The first-order valence-corrected chi connectivity index (χ1v) is 8.82. The zero-order chi connectivity index (χ0) is 17.4. The topological polar surface area (TPSA) is 72.1 Å². The van der Waals surface area contributed by atoms with Crippen molar-refractivity contribution in [2.75, 3.05) is 32.2 Å². The number of nitrogens with zero attached hydrogens (tertiary/aromatic N) is 2. The van der Waals surface area contributed by atoms with Crippen molar-refractivity contribution < 1.29 is 9.47 Å². The minimum Gasteiger partial charge on any atom is -0.497 e. The molecule has 0 saturated carbocycles. The highest BCUT2D eigenvalue weighted by molar-refractivity contribution is 6.08. The van der Waals surface area contributed by atoms with E-state index in [4.69, 9.17) is 14.5 Å². The molecule has 0 radical (unpaired) electrons. The third-order valence-electron chi connectivity index (χ3n) is 5.08. The number of rotatable bonds is 4. The molecule has 3 aromatic rings. The lowest BCUT2D eigenvalue weighted by Gasteiger charge is -2.23. The van der Waals surface area contributed by atoms with Crippen LogP contribution in [0.4, 0.5) is 5.69 Å². The molecule has 0 aliphatic carbocycles. The number of aromatic amines is 1. The van der Waals surface area contributed by atoms with E-state index in [0.29, 0.717) is 5.92 Å². The Bertz CT molecular complexity index is 913. The summed E-state index contributed by atoms with van der Waals surface area (Å²) in [4.78, 5) is 4.77. The van der Waals surface area contributed by atoms with Crippen molar-refractivity contribution in [3.63, 3.8) is 0 Å². The standard InChI is InChI=1S/C19H24N4O2/c1-11-8-14(24-3)9-15-17(11)21-19-16(12(2)22-23-19)18(15)20-10-13-4-6-25-7-5-13/h8-9,13H,4-7,10H2,1-3H3,(H2,20,21,22,23). The first-order valence-electron chi connectivity index (χ1n) is 8.82. The molecule has 0 spiro atoms.